The second kappa shape index (κ2) is 8.53. The van der Waals surface area contributed by atoms with Crippen molar-refractivity contribution in [1.29, 1.82) is 0 Å². The minimum absolute atomic E-state index is 0.0203. The summed E-state index contributed by atoms with van der Waals surface area (Å²) in [7, 11) is 3.44. The third kappa shape index (κ3) is 7.58. The van der Waals surface area contributed by atoms with Gasteiger partial charge in [-0.1, -0.05) is 13.8 Å². The van der Waals surface area contributed by atoms with Crippen molar-refractivity contribution in [2.45, 2.75) is 27.7 Å². The average Bonchev–Trinajstić information content (AvgIpc) is 2.16. The SMILES string of the molecule is CC.CC(=O)N(C)CCN(C)C(C)=O. The molecule has 0 rings (SSSR count). The van der Waals surface area contributed by atoms with Gasteiger partial charge >= 0.3 is 0 Å². The van der Waals surface area contributed by atoms with Crippen molar-refractivity contribution in [2.24, 2.45) is 0 Å². The highest BCUT2D eigenvalue weighted by Gasteiger charge is 2.05. The first kappa shape index (κ1) is 15.4. The normalized spacial score (nSPS) is 8.43. The van der Waals surface area contributed by atoms with Crippen LogP contribution in [0.15, 0.2) is 0 Å². The van der Waals surface area contributed by atoms with Crippen LogP contribution >= 0.6 is 0 Å². The van der Waals surface area contributed by atoms with E-state index in [-0.39, 0.29) is 11.8 Å². The van der Waals surface area contributed by atoms with E-state index in [1.54, 1.807) is 23.9 Å². The molecular formula is C10H22N2O2. The maximum Gasteiger partial charge on any atom is 0.219 e. The van der Waals surface area contributed by atoms with Crippen LogP contribution in [-0.4, -0.2) is 48.8 Å². The van der Waals surface area contributed by atoms with Gasteiger partial charge < -0.3 is 9.80 Å². The highest BCUT2D eigenvalue weighted by atomic mass is 16.2. The van der Waals surface area contributed by atoms with Gasteiger partial charge in [0.25, 0.3) is 0 Å². The van der Waals surface area contributed by atoms with Crippen molar-refractivity contribution < 1.29 is 9.59 Å². The molecule has 14 heavy (non-hydrogen) atoms. The molecule has 0 atom stereocenters. The van der Waals surface area contributed by atoms with Crippen LogP contribution < -0.4 is 0 Å². The first-order valence-electron chi connectivity index (χ1n) is 4.88. The number of carbonyl (C=O) groups is 2. The third-order valence-electron chi connectivity index (χ3n) is 1.85. The van der Waals surface area contributed by atoms with Gasteiger partial charge in [-0.25, -0.2) is 0 Å². The summed E-state index contributed by atoms with van der Waals surface area (Å²) < 4.78 is 0. The molecule has 0 radical (unpaired) electrons. The summed E-state index contributed by atoms with van der Waals surface area (Å²) in [6.45, 7) is 8.19. The van der Waals surface area contributed by atoms with E-state index in [0.717, 1.165) is 0 Å². The maximum absolute atomic E-state index is 10.7. The molecule has 0 fully saturated rings. The smallest absolute Gasteiger partial charge is 0.219 e. The van der Waals surface area contributed by atoms with E-state index >= 15 is 0 Å². The summed E-state index contributed by atoms with van der Waals surface area (Å²) in [5.41, 5.74) is 0. The molecular weight excluding hydrogens is 180 g/mol. The molecule has 0 heterocycles. The van der Waals surface area contributed by atoms with Crippen LogP contribution in [0.1, 0.15) is 27.7 Å². The average molecular weight is 202 g/mol. The predicted octanol–water partition coefficient (Wildman–Crippen LogP) is 0.969. The molecule has 0 aromatic carbocycles. The maximum atomic E-state index is 10.7. The van der Waals surface area contributed by atoms with Crippen molar-refractivity contribution in [1.82, 2.24) is 9.80 Å². The summed E-state index contributed by atoms with van der Waals surface area (Å²) in [6, 6.07) is 0. The molecule has 84 valence electrons. The van der Waals surface area contributed by atoms with Crippen LogP contribution in [-0.2, 0) is 9.59 Å². The van der Waals surface area contributed by atoms with Gasteiger partial charge in [-0.05, 0) is 0 Å². The van der Waals surface area contributed by atoms with Crippen molar-refractivity contribution in [3.8, 4) is 0 Å². The van der Waals surface area contributed by atoms with Crippen LogP contribution in [0, 0.1) is 0 Å². The van der Waals surface area contributed by atoms with Gasteiger partial charge in [0.15, 0.2) is 0 Å². The molecule has 0 N–H and O–H groups in total. The highest BCUT2D eigenvalue weighted by molar-refractivity contribution is 5.74. The van der Waals surface area contributed by atoms with Gasteiger partial charge in [0.1, 0.15) is 0 Å². The van der Waals surface area contributed by atoms with E-state index in [1.807, 2.05) is 13.8 Å². The molecule has 4 heteroatoms. The Hall–Kier alpha value is -1.06. The van der Waals surface area contributed by atoms with Gasteiger partial charge in [-0.15, -0.1) is 0 Å². The lowest BCUT2D eigenvalue weighted by molar-refractivity contribution is -0.131. The van der Waals surface area contributed by atoms with E-state index in [9.17, 15) is 9.59 Å². The number of rotatable bonds is 3. The molecule has 0 saturated carbocycles. The zero-order chi connectivity index (χ0) is 11.7. The number of nitrogens with zero attached hydrogens (tertiary/aromatic N) is 2. The Morgan fingerprint density at radius 1 is 0.857 bits per heavy atom. The molecule has 0 saturated heterocycles. The Morgan fingerprint density at radius 2 is 1.07 bits per heavy atom. The minimum Gasteiger partial charge on any atom is -0.344 e. The molecule has 0 spiro atoms. The van der Waals surface area contributed by atoms with Gasteiger partial charge in [0, 0.05) is 41.0 Å². The lowest BCUT2D eigenvalue weighted by atomic mass is 10.4. The monoisotopic (exact) mass is 202 g/mol. The second-order valence-corrected chi connectivity index (χ2v) is 2.88. The fourth-order valence-electron chi connectivity index (χ4n) is 0.615. The summed E-state index contributed by atoms with van der Waals surface area (Å²) in [6.07, 6.45) is 0. The second-order valence-electron chi connectivity index (χ2n) is 2.88. The summed E-state index contributed by atoms with van der Waals surface area (Å²) in [5, 5.41) is 0. The summed E-state index contributed by atoms with van der Waals surface area (Å²) >= 11 is 0. The van der Waals surface area contributed by atoms with Crippen LogP contribution in [0.5, 0.6) is 0 Å². The molecule has 0 aromatic heterocycles. The van der Waals surface area contributed by atoms with Crippen LogP contribution in [0.2, 0.25) is 0 Å². The lowest BCUT2D eigenvalue weighted by Crippen LogP contribution is -2.35. The van der Waals surface area contributed by atoms with Crippen LogP contribution in [0.25, 0.3) is 0 Å². The predicted molar refractivity (Wildman–Crippen MR) is 58.0 cm³/mol. The van der Waals surface area contributed by atoms with Gasteiger partial charge in [-0.3, -0.25) is 9.59 Å². The van der Waals surface area contributed by atoms with Gasteiger partial charge in [-0.2, -0.15) is 0 Å². The Morgan fingerprint density at radius 3 is 1.21 bits per heavy atom. The molecule has 0 aliphatic carbocycles. The topological polar surface area (TPSA) is 40.6 Å². The standard InChI is InChI=1S/C8H16N2O2.C2H6/c1-7(11)9(3)5-6-10(4)8(2)12;1-2/h5-6H2,1-4H3;1-2H3. The number of amides is 2. The number of carbonyl (C=O) groups excluding carboxylic acids is 2. The van der Waals surface area contributed by atoms with E-state index < -0.39 is 0 Å². The molecule has 0 bridgehead atoms. The van der Waals surface area contributed by atoms with Crippen molar-refractivity contribution in [2.75, 3.05) is 27.2 Å². The van der Waals surface area contributed by atoms with E-state index in [4.69, 9.17) is 0 Å². The minimum atomic E-state index is 0.0203. The molecule has 4 nitrogen and oxygen atoms in total. The number of hydrogen-bond acceptors (Lipinski definition) is 2. The first-order valence-corrected chi connectivity index (χ1v) is 4.88. The van der Waals surface area contributed by atoms with Crippen molar-refractivity contribution >= 4 is 11.8 Å². The van der Waals surface area contributed by atoms with Crippen LogP contribution in [0.4, 0.5) is 0 Å². The van der Waals surface area contributed by atoms with Crippen molar-refractivity contribution in [3.63, 3.8) is 0 Å². The molecule has 2 amide bonds. The lowest BCUT2D eigenvalue weighted by Gasteiger charge is -2.19. The third-order valence-corrected chi connectivity index (χ3v) is 1.85. The molecule has 0 aliphatic rings. The Bertz CT molecular complexity index is 161. The zero-order valence-corrected chi connectivity index (χ0v) is 10.1. The summed E-state index contributed by atoms with van der Waals surface area (Å²) in [5.74, 6) is 0.0407. The fraction of sp³-hybridized carbons (Fsp3) is 0.800. The van der Waals surface area contributed by atoms with Gasteiger partial charge in [0.05, 0.1) is 0 Å². The van der Waals surface area contributed by atoms with E-state index in [2.05, 4.69) is 0 Å². The Labute approximate surface area is 86.9 Å². The summed E-state index contributed by atoms with van der Waals surface area (Å²) in [4.78, 5) is 24.7. The quantitative estimate of drug-likeness (QED) is 0.684. The Balaban J connectivity index is 0. The molecule has 0 unspecified atom stereocenters. The van der Waals surface area contributed by atoms with Crippen molar-refractivity contribution in [3.05, 3.63) is 0 Å². The zero-order valence-electron chi connectivity index (χ0n) is 10.1. The largest absolute Gasteiger partial charge is 0.344 e. The fourth-order valence-corrected chi connectivity index (χ4v) is 0.615. The first-order chi connectivity index (χ1) is 6.45. The highest BCUT2D eigenvalue weighted by Crippen LogP contribution is 1.87. The van der Waals surface area contributed by atoms with E-state index in [1.165, 1.54) is 13.8 Å². The Kier molecular flexibility index (Phi) is 9.40. The number of hydrogen-bond donors (Lipinski definition) is 0. The van der Waals surface area contributed by atoms with Gasteiger partial charge in [0.2, 0.25) is 11.8 Å². The number of likely N-dealkylation sites (N-methyl/N-ethyl adjacent to an activating group) is 2. The molecule has 0 aliphatic heterocycles. The van der Waals surface area contributed by atoms with E-state index in [0.29, 0.717) is 13.1 Å². The molecule has 0 aromatic rings. The van der Waals surface area contributed by atoms with Crippen LogP contribution in [0.3, 0.4) is 0 Å².